The molecule has 0 N–H and O–H groups in total. The first kappa shape index (κ1) is 14.9. The fourth-order valence-electron chi connectivity index (χ4n) is 2.36. The van der Waals surface area contributed by atoms with Crippen molar-refractivity contribution in [2.45, 2.75) is 46.0 Å². The standard InChI is InChI=1S/C19H26O/c1-16(2)14-15-20-19-12-10-18(11-13-19)17-8-6-4-3-5-7-9-17/h4,6,8,10-13,16H,3,5,7,9,14-15H2,1-2H3/b6-4-,17-8+. The number of hydrogen-bond donors (Lipinski definition) is 0. The zero-order valence-corrected chi connectivity index (χ0v) is 12.8. The van der Waals surface area contributed by atoms with Gasteiger partial charge in [-0.25, -0.2) is 0 Å². The Morgan fingerprint density at radius 3 is 2.65 bits per heavy atom. The van der Waals surface area contributed by atoms with Gasteiger partial charge in [0.25, 0.3) is 0 Å². The summed E-state index contributed by atoms with van der Waals surface area (Å²) in [6, 6.07) is 8.57. The molecule has 1 aliphatic carbocycles. The Morgan fingerprint density at radius 2 is 1.90 bits per heavy atom. The van der Waals surface area contributed by atoms with Crippen molar-refractivity contribution in [3.63, 3.8) is 0 Å². The Labute approximate surface area is 123 Å². The molecule has 0 radical (unpaired) electrons. The van der Waals surface area contributed by atoms with Crippen LogP contribution in [-0.2, 0) is 0 Å². The van der Waals surface area contributed by atoms with E-state index >= 15 is 0 Å². The van der Waals surface area contributed by atoms with Crippen LogP contribution in [-0.4, -0.2) is 6.61 Å². The molecule has 0 spiro atoms. The molecule has 0 amide bonds. The van der Waals surface area contributed by atoms with Crippen molar-refractivity contribution < 1.29 is 4.74 Å². The second kappa shape index (κ2) is 7.94. The van der Waals surface area contributed by atoms with Gasteiger partial charge in [0, 0.05) is 0 Å². The van der Waals surface area contributed by atoms with E-state index in [1.54, 1.807) is 0 Å². The lowest BCUT2D eigenvalue weighted by Gasteiger charge is -2.11. The van der Waals surface area contributed by atoms with Crippen LogP contribution in [0.2, 0.25) is 0 Å². The maximum absolute atomic E-state index is 5.77. The molecule has 1 aromatic rings. The third-order valence-electron chi connectivity index (χ3n) is 3.69. The van der Waals surface area contributed by atoms with Crippen LogP contribution in [0.15, 0.2) is 42.5 Å². The molecular weight excluding hydrogens is 244 g/mol. The number of hydrogen-bond acceptors (Lipinski definition) is 1. The van der Waals surface area contributed by atoms with E-state index in [2.05, 4.69) is 56.3 Å². The first-order valence-electron chi connectivity index (χ1n) is 7.84. The Kier molecular flexibility index (Phi) is 5.91. The van der Waals surface area contributed by atoms with Crippen molar-refractivity contribution in [3.05, 3.63) is 48.1 Å². The molecule has 20 heavy (non-hydrogen) atoms. The van der Waals surface area contributed by atoms with Crippen LogP contribution < -0.4 is 4.74 Å². The fraction of sp³-hybridized carbons (Fsp3) is 0.474. The first-order chi connectivity index (χ1) is 9.75. The lowest BCUT2D eigenvalue weighted by Crippen LogP contribution is -2.01. The fourth-order valence-corrected chi connectivity index (χ4v) is 2.36. The summed E-state index contributed by atoms with van der Waals surface area (Å²) in [7, 11) is 0. The third-order valence-corrected chi connectivity index (χ3v) is 3.69. The molecule has 0 bridgehead atoms. The van der Waals surface area contributed by atoms with Crippen molar-refractivity contribution in [3.8, 4) is 5.75 Å². The van der Waals surface area contributed by atoms with Gasteiger partial charge in [-0.15, -0.1) is 0 Å². The summed E-state index contributed by atoms with van der Waals surface area (Å²) in [5, 5.41) is 0. The van der Waals surface area contributed by atoms with Gasteiger partial charge in [0.05, 0.1) is 6.61 Å². The molecule has 2 rings (SSSR count). The van der Waals surface area contributed by atoms with E-state index in [4.69, 9.17) is 4.74 Å². The normalized spacial score (nSPS) is 19.9. The van der Waals surface area contributed by atoms with Gasteiger partial charge in [0.2, 0.25) is 0 Å². The minimum atomic E-state index is 0.695. The van der Waals surface area contributed by atoms with Crippen LogP contribution in [0, 0.1) is 5.92 Å². The molecule has 0 aliphatic heterocycles. The SMILES string of the molecule is CC(C)CCOc1ccc(/C2=C/C=C\CCCC2)cc1. The Morgan fingerprint density at radius 1 is 1.10 bits per heavy atom. The average molecular weight is 270 g/mol. The maximum atomic E-state index is 5.77. The van der Waals surface area contributed by atoms with Crippen molar-refractivity contribution in [1.82, 2.24) is 0 Å². The molecule has 1 aliphatic rings. The summed E-state index contributed by atoms with van der Waals surface area (Å²) < 4.78 is 5.77. The molecule has 1 aromatic carbocycles. The number of rotatable bonds is 5. The highest BCUT2D eigenvalue weighted by molar-refractivity contribution is 5.67. The summed E-state index contributed by atoms with van der Waals surface area (Å²) in [5.74, 6) is 1.68. The van der Waals surface area contributed by atoms with E-state index < -0.39 is 0 Å². The van der Waals surface area contributed by atoms with E-state index in [-0.39, 0.29) is 0 Å². The number of ether oxygens (including phenoxy) is 1. The summed E-state index contributed by atoms with van der Waals surface area (Å²) in [6.45, 7) is 5.25. The Hall–Kier alpha value is -1.50. The van der Waals surface area contributed by atoms with Crippen molar-refractivity contribution in [2.75, 3.05) is 6.61 Å². The first-order valence-corrected chi connectivity index (χ1v) is 7.84. The van der Waals surface area contributed by atoms with Gasteiger partial charge in [0.1, 0.15) is 5.75 Å². The lowest BCUT2D eigenvalue weighted by molar-refractivity contribution is 0.289. The minimum Gasteiger partial charge on any atom is -0.494 e. The predicted octanol–water partition coefficient (Wildman–Crippen LogP) is 5.63. The van der Waals surface area contributed by atoms with Crippen LogP contribution in [0.25, 0.3) is 5.57 Å². The van der Waals surface area contributed by atoms with Crippen LogP contribution in [0.3, 0.4) is 0 Å². The maximum Gasteiger partial charge on any atom is 0.119 e. The summed E-state index contributed by atoms with van der Waals surface area (Å²) in [4.78, 5) is 0. The van der Waals surface area contributed by atoms with Gasteiger partial charge in [-0.05, 0) is 61.3 Å². The molecule has 0 aromatic heterocycles. The van der Waals surface area contributed by atoms with Gasteiger partial charge in [-0.3, -0.25) is 0 Å². The zero-order valence-electron chi connectivity index (χ0n) is 12.8. The molecule has 0 heterocycles. The third kappa shape index (κ3) is 4.88. The average Bonchev–Trinajstić information content (AvgIpc) is 2.39. The highest BCUT2D eigenvalue weighted by atomic mass is 16.5. The van der Waals surface area contributed by atoms with Crippen LogP contribution >= 0.6 is 0 Å². The molecule has 0 saturated heterocycles. The van der Waals surface area contributed by atoms with E-state index in [9.17, 15) is 0 Å². The summed E-state index contributed by atoms with van der Waals surface area (Å²) in [5.41, 5.74) is 2.77. The van der Waals surface area contributed by atoms with Gasteiger partial charge >= 0.3 is 0 Å². The summed E-state index contributed by atoms with van der Waals surface area (Å²) in [6.07, 6.45) is 12.8. The van der Waals surface area contributed by atoms with Crippen molar-refractivity contribution in [1.29, 1.82) is 0 Å². The Balaban J connectivity index is 1.96. The largest absolute Gasteiger partial charge is 0.494 e. The monoisotopic (exact) mass is 270 g/mol. The quantitative estimate of drug-likeness (QED) is 0.674. The molecule has 0 unspecified atom stereocenters. The smallest absolute Gasteiger partial charge is 0.119 e. The summed E-state index contributed by atoms with van der Waals surface area (Å²) >= 11 is 0. The topological polar surface area (TPSA) is 9.23 Å². The highest BCUT2D eigenvalue weighted by Crippen LogP contribution is 2.25. The molecule has 1 nitrogen and oxygen atoms in total. The van der Waals surface area contributed by atoms with Gasteiger partial charge < -0.3 is 4.74 Å². The number of benzene rings is 1. The van der Waals surface area contributed by atoms with Crippen LogP contribution in [0.5, 0.6) is 5.75 Å². The Bertz CT molecular complexity index is 451. The molecular formula is C19H26O. The van der Waals surface area contributed by atoms with Crippen LogP contribution in [0.1, 0.15) is 51.5 Å². The lowest BCUT2D eigenvalue weighted by atomic mass is 9.97. The van der Waals surface area contributed by atoms with Crippen molar-refractivity contribution in [2.24, 2.45) is 5.92 Å². The molecule has 0 fully saturated rings. The van der Waals surface area contributed by atoms with Crippen molar-refractivity contribution >= 4 is 5.57 Å². The van der Waals surface area contributed by atoms with E-state index in [0.29, 0.717) is 5.92 Å². The second-order valence-corrected chi connectivity index (χ2v) is 5.92. The molecule has 0 atom stereocenters. The number of allylic oxidation sites excluding steroid dienone is 4. The zero-order chi connectivity index (χ0) is 14.2. The van der Waals surface area contributed by atoms with E-state index in [1.807, 2.05) is 0 Å². The molecule has 108 valence electrons. The predicted molar refractivity (Wildman–Crippen MR) is 87.0 cm³/mol. The van der Waals surface area contributed by atoms with E-state index in [1.165, 1.54) is 36.8 Å². The molecule has 0 saturated carbocycles. The van der Waals surface area contributed by atoms with Crippen LogP contribution in [0.4, 0.5) is 0 Å². The van der Waals surface area contributed by atoms with Gasteiger partial charge in [-0.2, -0.15) is 0 Å². The minimum absolute atomic E-state index is 0.695. The van der Waals surface area contributed by atoms with Gasteiger partial charge in [-0.1, -0.05) is 44.2 Å². The van der Waals surface area contributed by atoms with Gasteiger partial charge in [0.15, 0.2) is 0 Å². The van der Waals surface area contributed by atoms with E-state index in [0.717, 1.165) is 18.8 Å². The second-order valence-electron chi connectivity index (χ2n) is 5.92. The molecule has 1 heteroatoms. The highest BCUT2D eigenvalue weighted by Gasteiger charge is 2.03.